The molecule has 0 fully saturated rings. The molecule has 1 aromatic heterocycles. The van der Waals surface area contributed by atoms with E-state index < -0.39 is 0 Å². The first-order valence-corrected chi connectivity index (χ1v) is 6.68. The highest BCUT2D eigenvalue weighted by molar-refractivity contribution is 6.08. The minimum atomic E-state index is 0.110. The molecule has 0 unspecified atom stereocenters. The van der Waals surface area contributed by atoms with Crippen LogP contribution in [0.3, 0.4) is 0 Å². The van der Waals surface area contributed by atoms with Gasteiger partial charge < -0.3 is 10.3 Å². The minimum Gasteiger partial charge on any atom is -0.360 e. The van der Waals surface area contributed by atoms with Gasteiger partial charge in [0.25, 0.3) is 0 Å². The standard InChI is InChI=1S/C17H16N2O/c20-17(12-18-10-13-6-2-1-3-7-13)15-11-19-16-9-5-4-8-14(15)16/h1-9,11,18-19H,10,12H2. The average molecular weight is 264 g/mol. The molecule has 3 heteroatoms. The number of H-pyrrole nitrogens is 1. The maximum Gasteiger partial charge on any atom is 0.178 e. The fraction of sp³-hybridized carbons (Fsp3) is 0.118. The van der Waals surface area contributed by atoms with Crippen molar-refractivity contribution >= 4 is 16.7 Å². The largest absolute Gasteiger partial charge is 0.360 e. The maximum absolute atomic E-state index is 12.2. The average Bonchev–Trinajstić information content (AvgIpc) is 2.92. The number of carbonyl (C=O) groups is 1. The van der Waals surface area contributed by atoms with Crippen molar-refractivity contribution in [3.63, 3.8) is 0 Å². The van der Waals surface area contributed by atoms with Crippen LogP contribution in [0.25, 0.3) is 10.9 Å². The Morgan fingerprint density at radius 2 is 1.75 bits per heavy atom. The fourth-order valence-corrected chi connectivity index (χ4v) is 2.31. The minimum absolute atomic E-state index is 0.110. The second-order valence-corrected chi connectivity index (χ2v) is 4.76. The number of benzene rings is 2. The van der Waals surface area contributed by atoms with E-state index in [4.69, 9.17) is 0 Å². The summed E-state index contributed by atoms with van der Waals surface area (Å²) >= 11 is 0. The molecule has 3 nitrogen and oxygen atoms in total. The van der Waals surface area contributed by atoms with Gasteiger partial charge in [-0.05, 0) is 11.6 Å². The lowest BCUT2D eigenvalue weighted by Gasteiger charge is -2.03. The van der Waals surface area contributed by atoms with Crippen molar-refractivity contribution in [3.8, 4) is 0 Å². The van der Waals surface area contributed by atoms with E-state index in [9.17, 15) is 4.79 Å². The zero-order valence-electron chi connectivity index (χ0n) is 11.1. The van der Waals surface area contributed by atoms with Crippen LogP contribution in [0, 0.1) is 0 Å². The molecule has 1 heterocycles. The summed E-state index contributed by atoms with van der Waals surface area (Å²) in [4.78, 5) is 15.4. The molecule has 0 bridgehead atoms. The van der Waals surface area contributed by atoms with Crippen LogP contribution in [0.1, 0.15) is 15.9 Å². The molecule has 0 atom stereocenters. The van der Waals surface area contributed by atoms with Gasteiger partial charge >= 0.3 is 0 Å². The summed E-state index contributed by atoms with van der Waals surface area (Å²) in [5, 5.41) is 4.18. The second kappa shape index (κ2) is 5.72. The van der Waals surface area contributed by atoms with Crippen molar-refractivity contribution in [2.75, 3.05) is 6.54 Å². The third-order valence-corrected chi connectivity index (χ3v) is 3.35. The molecule has 3 aromatic rings. The summed E-state index contributed by atoms with van der Waals surface area (Å²) in [7, 11) is 0. The predicted octanol–water partition coefficient (Wildman–Crippen LogP) is 3.14. The smallest absolute Gasteiger partial charge is 0.178 e. The number of nitrogens with one attached hydrogen (secondary N) is 2. The number of para-hydroxylation sites is 1. The molecule has 2 aromatic carbocycles. The van der Waals surface area contributed by atoms with Crippen LogP contribution < -0.4 is 5.32 Å². The number of hydrogen-bond acceptors (Lipinski definition) is 2. The van der Waals surface area contributed by atoms with E-state index in [0.29, 0.717) is 13.1 Å². The lowest BCUT2D eigenvalue weighted by atomic mass is 10.1. The highest BCUT2D eigenvalue weighted by Crippen LogP contribution is 2.17. The summed E-state index contributed by atoms with van der Waals surface area (Å²) in [5.74, 6) is 0.110. The van der Waals surface area contributed by atoms with Gasteiger partial charge in [0.1, 0.15) is 0 Å². The number of aromatic amines is 1. The lowest BCUT2D eigenvalue weighted by Crippen LogP contribution is -2.22. The first-order valence-electron chi connectivity index (χ1n) is 6.68. The molecule has 0 aliphatic carbocycles. The fourth-order valence-electron chi connectivity index (χ4n) is 2.31. The van der Waals surface area contributed by atoms with Crippen molar-refractivity contribution in [2.45, 2.75) is 6.54 Å². The Kier molecular flexibility index (Phi) is 3.61. The molecule has 100 valence electrons. The van der Waals surface area contributed by atoms with Crippen molar-refractivity contribution in [3.05, 3.63) is 71.9 Å². The quantitative estimate of drug-likeness (QED) is 0.695. The molecule has 0 aliphatic heterocycles. The number of rotatable bonds is 5. The van der Waals surface area contributed by atoms with Gasteiger partial charge in [0, 0.05) is 29.2 Å². The summed E-state index contributed by atoms with van der Waals surface area (Å²) in [6.07, 6.45) is 1.79. The lowest BCUT2D eigenvalue weighted by molar-refractivity contribution is 0.0992. The van der Waals surface area contributed by atoms with Crippen molar-refractivity contribution in [1.29, 1.82) is 0 Å². The van der Waals surface area contributed by atoms with E-state index in [1.54, 1.807) is 6.20 Å². The Labute approximate surface area is 117 Å². The molecule has 0 spiro atoms. The first kappa shape index (κ1) is 12.6. The van der Waals surface area contributed by atoms with Crippen LogP contribution in [0.5, 0.6) is 0 Å². The van der Waals surface area contributed by atoms with Gasteiger partial charge in [-0.2, -0.15) is 0 Å². The van der Waals surface area contributed by atoms with E-state index >= 15 is 0 Å². The van der Waals surface area contributed by atoms with Crippen LogP contribution in [0.15, 0.2) is 60.8 Å². The highest BCUT2D eigenvalue weighted by Gasteiger charge is 2.10. The number of fused-ring (bicyclic) bond motifs is 1. The third-order valence-electron chi connectivity index (χ3n) is 3.35. The number of Topliss-reactive ketones (excluding diaryl/α,β-unsaturated/α-hetero) is 1. The zero-order chi connectivity index (χ0) is 13.8. The van der Waals surface area contributed by atoms with E-state index in [1.807, 2.05) is 54.6 Å². The SMILES string of the molecule is O=C(CNCc1ccccc1)c1c[nH]c2ccccc12. The van der Waals surface area contributed by atoms with Gasteiger partial charge in [-0.25, -0.2) is 0 Å². The summed E-state index contributed by atoms with van der Waals surface area (Å²) in [6, 6.07) is 17.9. The van der Waals surface area contributed by atoms with Gasteiger partial charge in [0.05, 0.1) is 6.54 Å². The molecular formula is C17H16N2O. The molecule has 20 heavy (non-hydrogen) atoms. The van der Waals surface area contributed by atoms with Gasteiger partial charge in [0.15, 0.2) is 5.78 Å². The number of carbonyl (C=O) groups excluding carboxylic acids is 1. The Balaban J connectivity index is 1.65. The Morgan fingerprint density at radius 3 is 2.60 bits per heavy atom. The molecule has 0 radical (unpaired) electrons. The molecule has 3 rings (SSSR count). The van der Waals surface area contributed by atoms with Crippen LogP contribution >= 0.6 is 0 Å². The van der Waals surface area contributed by atoms with Gasteiger partial charge in [0.2, 0.25) is 0 Å². The summed E-state index contributed by atoms with van der Waals surface area (Å²) in [6.45, 7) is 1.05. The Morgan fingerprint density at radius 1 is 1.00 bits per heavy atom. The summed E-state index contributed by atoms with van der Waals surface area (Å²) < 4.78 is 0. The van der Waals surface area contributed by atoms with Crippen molar-refractivity contribution in [1.82, 2.24) is 10.3 Å². The summed E-state index contributed by atoms with van der Waals surface area (Å²) in [5.41, 5.74) is 2.93. The number of aromatic nitrogens is 1. The highest BCUT2D eigenvalue weighted by atomic mass is 16.1. The molecule has 0 aliphatic rings. The topological polar surface area (TPSA) is 44.9 Å². The maximum atomic E-state index is 12.2. The third kappa shape index (κ3) is 2.63. The van der Waals surface area contributed by atoms with Gasteiger partial charge in [-0.3, -0.25) is 4.79 Å². The molecule has 0 saturated heterocycles. The second-order valence-electron chi connectivity index (χ2n) is 4.76. The van der Waals surface area contributed by atoms with Crippen molar-refractivity contribution in [2.24, 2.45) is 0 Å². The molecule has 0 saturated carbocycles. The predicted molar refractivity (Wildman–Crippen MR) is 80.8 cm³/mol. The van der Waals surface area contributed by atoms with Crippen LogP contribution in [0.2, 0.25) is 0 Å². The Bertz CT molecular complexity index is 716. The molecule has 0 amide bonds. The zero-order valence-corrected chi connectivity index (χ0v) is 11.1. The van der Waals surface area contributed by atoms with E-state index in [-0.39, 0.29) is 5.78 Å². The van der Waals surface area contributed by atoms with Crippen molar-refractivity contribution < 1.29 is 4.79 Å². The number of ketones is 1. The van der Waals surface area contributed by atoms with E-state index in [2.05, 4.69) is 10.3 Å². The monoisotopic (exact) mass is 264 g/mol. The van der Waals surface area contributed by atoms with Crippen LogP contribution in [0.4, 0.5) is 0 Å². The first-order chi connectivity index (χ1) is 9.84. The number of hydrogen-bond donors (Lipinski definition) is 2. The normalized spacial score (nSPS) is 10.8. The van der Waals surface area contributed by atoms with Gasteiger partial charge in [-0.1, -0.05) is 48.5 Å². The van der Waals surface area contributed by atoms with Gasteiger partial charge in [-0.15, -0.1) is 0 Å². The van der Waals surface area contributed by atoms with E-state index in [0.717, 1.165) is 16.5 Å². The Hall–Kier alpha value is -2.39. The van der Waals surface area contributed by atoms with Crippen LogP contribution in [-0.2, 0) is 6.54 Å². The molecular weight excluding hydrogens is 248 g/mol. The van der Waals surface area contributed by atoms with Crippen LogP contribution in [-0.4, -0.2) is 17.3 Å². The van der Waals surface area contributed by atoms with E-state index in [1.165, 1.54) is 5.56 Å². The molecule has 2 N–H and O–H groups in total.